The van der Waals surface area contributed by atoms with Gasteiger partial charge in [0, 0.05) is 24.7 Å². The van der Waals surface area contributed by atoms with Crippen molar-refractivity contribution in [3.63, 3.8) is 0 Å². The van der Waals surface area contributed by atoms with Crippen LogP contribution in [0.25, 0.3) is 11.3 Å². The minimum absolute atomic E-state index is 0.132. The second-order valence-corrected chi connectivity index (χ2v) is 6.53. The molecule has 0 radical (unpaired) electrons. The molecule has 0 atom stereocenters. The number of rotatable bonds is 5. The molecule has 1 aliphatic heterocycles. The van der Waals surface area contributed by atoms with Crippen molar-refractivity contribution in [3.05, 3.63) is 48.2 Å². The highest BCUT2D eigenvalue weighted by Gasteiger charge is 2.16. The molecule has 0 fully saturated rings. The summed E-state index contributed by atoms with van der Waals surface area (Å²) in [6, 6.07) is 11.2. The molecule has 32 heavy (non-hydrogen) atoms. The van der Waals surface area contributed by atoms with Gasteiger partial charge in [-0.15, -0.1) is 0 Å². The van der Waals surface area contributed by atoms with Gasteiger partial charge in [-0.3, -0.25) is 0 Å². The van der Waals surface area contributed by atoms with E-state index in [4.69, 9.17) is 34.0 Å². The number of hydrogen-bond donors (Lipinski definition) is 4. The molecule has 0 unspecified atom stereocenters. The van der Waals surface area contributed by atoms with Crippen molar-refractivity contribution in [3.8, 4) is 34.3 Å². The number of carbonyl (C=O) groups is 2. The fourth-order valence-electron chi connectivity index (χ4n) is 2.95. The summed E-state index contributed by atoms with van der Waals surface area (Å²) in [5, 5.41) is 28.2. The number of fused-ring (bicyclic) bond motifs is 1. The zero-order valence-corrected chi connectivity index (χ0v) is 17.2. The number of carboxylic acid groups (broad SMARTS) is 2. The van der Waals surface area contributed by atoms with Crippen molar-refractivity contribution in [2.45, 2.75) is 6.54 Å². The molecule has 0 saturated carbocycles. The van der Waals surface area contributed by atoms with Crippen LogP contribution in [-0.4, -0.2) is 50.7 Å². The number of anilines is 1. The molecule has 0 amide bonds. The van der Waals surface area contributed by atoms with E-state index in [0.717, 1.165) is 28.3 Å². The lowest BCUT2D eigenvalue weighted by Gasteiger charge is -2.11. The molecule has 4 N–H and O–H groups in total. The average Bonchev–Trinajstić information content (AvgIpc) is 3.39. The van der Waals surface area contributed by atoms with Crippen LogP contribution in [0.4, 0.5) is 5.95 Å². The number of methoxy groups -OCH3 is 1. The van der Waals surface area contributed by atoms with E-state index in [1.807, 2.05) is 41.9 Å². The summed E-state index contributed by atoms with van der Waals surface area (Å²) in [5.41, 5.74) is 2.67. The first-order valence-electron chi connectivity index (χ1n) is 9.28. The Morgan fingerprint density at radius 1 is 1.16 bits per heavy atom. The number of benzene rings is 2. The van der Waals surface area contributed by atoms with Gasteiger partial charge in [0.1, 0.15) is 0 Å². The van der Waals surface area contributed by atoms with Gasteiger partial charge in [-0.1, -0.05) is 12.1 Å². The van der Waals surface area contributed by atoms with Gasteiger partial charge in [0.15, 0.2) is 23.0 Å². The van der Waals surface area contributed by atoms with Crippen LogP contribution < -0.4 is 19.5 Å². The number of nitrogens with one attached hydrogen (secondary N) is 1. The first kappa shape index (κ1) is 22.3. The molecule has 0 spiro atoms. The third kappa shape index (κ3) is 4.83. The zero-order valence-electron chi connectivity index (χ0n) is 17.2. The molecule has 11 nitrogen and oxygen atoms in total. The summed E-state index contributed by atoms with van der Waals surface area (Å²) in [4.78, 5) is 22.6. The fraction of sp³-hybridized carbons (Fsp3) is 0.190. The van der Waals surface area contributed by atoms with Gasteiger partial charge in [0.2, 0.25) is 12.7 Å². The molecule has 0 bridgehead atoms. The number of phenolic OH excluding ortho intramolecular Hbond substituents is 1. The van der Waals surface area contributed by atoms with Crippen LogP contribution in [0.3, 0.4) is 0 Å². The summed E-state index contributed by atoms with van der Waals surface area (Å²) in [6.07, 6.45) is 1.80. The lowest BCUT2D eigenvalue weighted by Crippen LogP contribution is -2.09. The second kappa shape index (κ2) is 9.60. The van der Waals surface area contributed by atoms with E-state index < -0.39 is 11.9 Å². The predicted molar refractivity (Wildman–Crippen MR) is 112 cm³/mol. The molecule has 1 aromatic heterocycles. The number of hydrogen-bond acceptors (Lipinski definition) is 8. The van der Waals surface area contributed by atoms with Gasteiger partial charge in [-0.2, -0.15) is 0 Å². The van der Waals surface area contributed by atoms with Crippen LogP contribution in [0.5, 0.6) is 23.0 Å². The van der Waals surface area contributed by atoms with E-state index in [0.29, 0.717) is 18.2 Å². The molecule has 2 heterocycles. The number of imidazole rings is 1. The molecule has 2 aromatic carbocycles. The van der Waals surface area contributed by atoms with E-state index in [2.05, 4.69) is 10.3 Å². The smallest absolute Gasteiger partial charge is 0.414 e. The fourth-order valence-corrected chi connectivity index (χ4v) is 2.95. The second-order valence-electron chi connectivity index (χ2n) is 6.53. The van der Waals surface area contributed by atoms with Crippen molar-refractivity contribution >= 4 is 17.9 Å². The van der Waals surface area contributed by atoms with Crippen molar-refractivity contribution < 1.29 is 39.1 Å². The Kier molecular flexibility index (Phi) is 6.68. The van der Waals surface area contributed by atoms with Crippen LogP contribution in [0, 0.1) is 0 Å². The summed E-state index contributed by atoms with van der Waals surface area (Å²) in [7, 11) is 3.46. The number of aliphatic carboxylic acids is 2. The topological polar surface area (TPSA) is 152 Å². The molecule has 4 rings (SSSR count). The standard InChI is InChI=1S/C19H19N3O4.C2H2O4/c1-22-14(12-6-7-15-17(8-12)26-11-25-15)10-21-19(22)20-9-13-4-3-5-16(24-2)18(13)23;3-1(4)2(5)6/h3-8,10,23H,9,11H2,1-2H3,(H,20,21);(H,3,4)(H,5,6). The van der Waals surface area contributed by atoms with E-state index in [9.17, 15) is 5.11 Å². The van der Waals surface area contributed by atoms with Gasteiger partial charge in [-0.25, -0.2) is 14.6 Å². The highest BCUT2D eigenvalue weighted by atomic mass is 16.7. The van der Waals surface area contributed by atoms with Crippen LogP contribution in [-0.2, 0) is 23.2 Å². The number of aromatic nitrogens is 2. The van der Waals surface area contributed by atoms with E-state index in [1.54, 1.807) is 12.3 Å². The van der Waals surface area contributed by atoms with E-state index in [-0.39, 0.29) is 12.5 Å². The monoisotopic (exact) mass is 443 g/mol. The summed E-state index contributed by atoms with van der Waals surface area (Å²) < 4.78 is 17.9. The maximum absolute atomic E-state index is 10.2. The lowest BCUT2D eigenvalue weighted by atomic mass is 10.1. The number of para-hydroxylation sites is 1. The summed E-state index contributed by atoms with van der Waals surface area (Å²) in [5.74, 6) is -0.884. The molecule has 3 aromatic rings. The molecule has 0 aliphatic carbocycles. The minimum Gasteiger partial charge on any atom is -0.504 e. The molecule has 168 valence electrons. The first-order chi connectivity index (χ1) is 15.3. The number of phenols is 1. The van der Waals surface area contributed by atoms with Gasteiger partial charge in [0.05, 0.1) is 19.0 Å². The number of aromatic hydroxyl groups is 1. The Bertz CT molecular complexity index is 1130. The maximum atomic E-state index is 10.2. The highest BCUT2D eigenvalue weighted by molar-refractivity contribution is 6.27. The van der Waals surface area contributed by atoms with Crippen LogP contribution in [0.1, 0.15) is 5.56 Å². The number of carboxylic acids is 2. The van der Waals surface area contributed by atoms with E-state index in [1.165, 1.54) is 7.11 Å². The quantitative estimate of drug-likeness (QED) is 0.432. The van der Waals surface area contributed by atoms with Crippen LogP contribution in [0.15, 0.2) is 42.6 Å². The summed E-state index contributed by atoms with van der Waals surface area (Å²) >= 11 is 0. The molecule has 0 saturated heterocycles. The van der Waals surface area contributed by atoms with Crippen molar-refractivity contribution in [1.29, 1.82) is 0 Å². The maximum Gasteiger partial charge on any atom is 0.414 e. The normalized spacial score (nSPS) is 11.3. The third-order valence-corrected chi connectivity index (χ3v) is 4.58. The molecule has 11 heteroatoms. The average molecular weight is 443 g/mol. The largest absolute Gasteiger partial charge is 0.504 e. The Hall–Kier alpha value is -4.41. The number of ether oxygens (including phenoxy) is 3. The third-order valence-electron chi connectivity index (χ3n) is 4.58. The number of nitrogens with zero attached hydrogens (tertiary/aromatic N) is 2. The Morgan fingerprint density at radius 3 is 2.56 bits per heavy atom. The Morgan fingerprint density at radius 2 is 1.88 bits per heavy atom. The first-order valence-corrected chi connectivity index (χ1v) is 9.28. The Balaban J connectivity index is 0.000000427. The lowest BCUT2D eigenvalue weighted by molar-refractivity contribution is -0.159. The Labute approximate surface area is 182 Å². The van der Waals surface area contributed by atoms with E-state index >= 15 is 0 Å². The van der Waals surface area contributed by atoms with Crippen molar-refractivity contribution in [2.24, 2.45) is 7.05 Å². The summed E-state index contributed by atoms with van der Waals surface area (Å²) in [6.45, 7) is 0.676. The van der Waals surface area contributed by atoms with Gasteiger partial charge < -0.3 is 39.4 Å². The predicted octanol–water partition coefficient (Wildman–Crippen LogP) is 2.30. The van der Waals surface area contributed by atoms with Gasteiger partial charge in [0.25, 0.3) is 0 Å². The van der Waals surface area contributed by atoms with Crippen LogP contribution in [0.2, 0.25) is 0 Å². The van der Waals surface area contributed by atoms with Gasteiger partial charge >= 0.3 is 11.9 Å². The highest BCUT2D eigenvalue weighted by Crippen LogP contribution is 2.36. The zero-order chi connectivity index (χ0) is 23.3. The molecule has 1 aliphatic rings. The molecular formula is C21H21N3O8. The van der Waals surface area contributed by atoms with Crippen LogP contribution >= 0.6 is 0 Å². The molecular weight excluding hydrogens is 422 g/mol. The van der Waals surface area contributed by atoms with Crippen molar-refractivity contribution in [1.82, 2.24) is 9.55 Å². The van der Waals surface area contributed by atoms with Crippen molar-refractivity contribution in [2.75, 3.05) is 19.2 Å². The van der Waals surface area contributed by atoms with Gasteiger partial charge in [-0.05, 0) is 24.3 Å². The minimum atomic E-state index is -1.82. The SMILES string of the molecule is COc1cccc(CNc2ncc(-c3ccc4c(c3)OCO4)n2C)c1O.O=C(O)C(=O)O.